The van der Waals surface area contributed by atoms with Crippen LogP contribution in [0.3, 0.4) is 0 Å². The van der Waals surface area contributed by atoms with E-state index >= 15 is 0 Å². The molecule has 0 unspecified atom stereocenters. The molecular weight excluding hydrogens is 263 g/mol. The monoisotopic (exact) mass is 260 g/mol. The van der Waals surface area contributed by atoms with E-state index in [4.69, 9.17) is 0 Å². The molecule has 0 saturated carbocycles. The van der Waals surface area contributed by atoms with Gasteiger partial charge in [0.1, 0.15) is 0 Å². The van der Waals surface area contributed by atoms with Gasteiger partial charge in [-0.3, -0.25) is 0 Å². The molecular formula is Br3Na. The molecule has 0 spiro atoms. The van der Waals surface area contributed by atoms with Crippen LogP contribution in [-0.2, 0) is 0 Å². The van der Waals surface area contributed by atoms with Crippen molar-refractivity contribution in [1.82, 2.24) is 0 Å². The van der Waals surface area contributed by atoms with Gasteiger partial charge in [-0.05, 0) is 0 Å². The van der Waals surface area contributed by atoms with Crippen molar-refractivity contribution < 1.29 is 0 Å². The van der Waals surface area contributed by atoms with Crippen LogP contribution >= 0.6 is 34.5 Å². The van der Waals surface area contributed by atoms with Gasteiger partial charge in [-0.25, -0.2) is 0 Å². The molecule has 0 saturated heterocycles. The summed E-state index contributed by atoms with van der Waals surface area (Å²) in [6.07, 6.45) is 0. The summed E-state index contributed by atoms with van der Waals surface area (Å²) in [5.41, 5.74) is 0. The molecule has 0 aromatic rings. The zero-order valence-corrected chi connectivity index (χ0v) is 8.89. The molecule has 0 atom stereocenters. The Morgan fingerprint density at radius 1 is 1.00 bits per heavy atom. The van der Waals surface area contributed by atoms with Crippen LogP contribution in [0.25, 0.3) is 0 Å². The van der Waals surface area contributed by atoms with Crippen molar-refractivity contribution >= 4 is 51.6 Å². The molecule has 4 heteroatoms. The SMILES string of the molecule is [Br][Na]([Br])[Br]. The Morgan fingerprint density at radius 2 is 1.00 bits per heavy atom. The molecule has 4 radical (unpaired) electrons. The van der Waals surface area contributed by atoms with Crippen LogP contribution < -0.4 is 0 Å². The topological polar surface area (TPSA) is 0 Å². The molecule has 0 nitrogen and oxygen atoms in total. The van der Waals surface area contributed by atoms with Gasteiger partial charge in [-0.2, -0.15) is 0 Å². The number of halogens is 3. The molecule has 0 bridgehead atoms. The first-order chi connectivity index (χ1) is 1.73. The van der Waals surface area contributed by atoms with Crippen molar-refractivity contribution in [2.24, 2.45) is 0 Å². The van der Waals surface area contributed by atoms with E-state index in [1.807, 2.05) is 0 Å². The normalized spacial score (nSPS) is 9.00. The summed E-state index contributed by atoms with van der Waals surface area (Å²) in [4.78, 5) is 0. The van der Waals surface area contributed by atoms with E-state index in [0.29, 0.717) is 0 Å². The Balaban J connectivity index is 2.32. The summed E-state index contributed by atoms with van der Waals surface area (Å²) >= 11 is 8.73. The predicted molar refractivity (Wildman–Crippen MR) is 32.5 cm³/mol. The molecule has 0 heterocycles. The van der Waals surface area contributed by atoms with Crippen LogP contribution in [0.4, 0.5) is 0 Å². The van der Waals surface area contributed by atoms with E-state index < -0.39 is 17.1 Å². The quantitative estimate of drug-likeness (QED) is 0.587. The summed E-state index contributed by atoms with van der Waals surface area (Å²) in [5.74, 6) is 0. The van der Waals surface area contributed by atoms with Crippen molar-refractivity contribution in [2.45, 2.75) is 0 Å². The van der Waals surface area contributed by atoms with Crippen molar-refractivity contribution in [2.75, 3.05) is 0 Å². The number of rotatable bonds is 0. The van der Waals surface area contributed by atoms with Crippen LogP contribution in [0.5, 0.6) is 0 Å². The first-order valence-electron chi connectivity index (χ1n) is 1.13. The fourth-order valence-corrected chi connectivity index (χ4v) is 0. The molecule has 0 fully saturated rings. The van der Waals surface area contributed by atoms with Crippen molar-refractivity contribution in [3.05, 3.63) is 0 Å². The Hall–Kier alpha value is 2.44. The minimum absolute atomic E-state index is 1.22. The molecule has 4 heavy (non-hydrogen) atoms. The van der Waals surface area contributed by atoms with E-state index in [1.54, 1.807) is 0 Å². The third kappa shape index (κ3) is 8.83. The van der Waals surface area contributed by atoms with Gasteiger partial charge < -0.3 is 0 Å². The second-order valence-electron chi connectivity index (χ2n) is 0.429. The molecule has 0 aliphatic heterocycles. The van der Waals surface area contributed by atoms with E-state index in [0.717, 1.165) is 0 Å². The molecule has 0 N–H and O–H groups in total. The summed E-state index contributed by atoms with van der Waals surface area (Å²) in [6, 6.07) is 0. The summed E-state index contributed by atoms with van der Waals surface area (Å²) in [7, 11) is 0. The zero-order chi connectivity index (χ0) is 3.58. The summed E-state index contributed by atoms with van der Waals surface area (Å²) < 4.78 is 0. The Kier molecular flexibility index (Phi) is 5.83. The molecule has 0 amide bonds. The first-order valence-corrected chi connectivity index (χ1v) is 17.7. The van der Waals surface area contributed by atoms with Crippen LogP contribution in [0, 0.1) is 0 Å². The maximum absolute atomic E-state index is 3.32. The Morgan fingerprint density at radius 3 is 1.00 bits per heavy atom. The van der Waals surface area contributed by atoms with Gasteiger partial charge in [0.15, 0.2) is 0 Å². The van der Waals surface area contributed by atoms with Crippen molar-refractivity contribution in [3.63, 3.8) is 0 Å². The van der Waals surface area contributed by atoms with Gasteiger partial charge in [0.25, 0.3) is 0 Å². The molecule has 0 aliphatic carbocycles. The standard InChI is InChI=1S/3BrH.Na/h3*1H;/q;;;+3/p-3. The Bertz CT molecular complexity index is 8.00. The molecule has 0 rings (SSSR count). The average molecular weight is 263 g/mol. The summed E-state index contributed by atoms with van der Waals surface area (Å²) in [6.45, 7) is 0. The zero-order valence-electron chi connectivity index (χ0n) is 2.13. The van der Waals surface area contributed by atoms with Crippen LogP contribution in [0.15, 0.2) is 0 Å². The molecule has 0 aromatic carbocycles. The van der Waals surface area contributed by atoms with Crippen molar-refractivity contribution in [3.8, 4) is 0 Å². The minimum atomic E-state index is -1.22. The predicted octanol–water partition coefficient (Wildman–Crippen LogP) is 2.16. The second kappa shape index (κ2) is 3.62. The van der Waals surface area contributed by atoms with Gasteiger partial charge in [0, 0.05) is 0 Å². The third-order valence-electron chi connectivity index (χ3n) is 0. The number of hydrogen-bond acceptors (Lipinski definition) is 0. The second-order valence-corrected chi connectivity index (χ2v) is 34.7. The Labute approximate surface area is 50.4 Å². The number of hydrogen-bond donors (Lipinski definition) is 0. The molecule has 0 aliphatic rings. The van der Waals surface area contributed by atoms with Crippen molar-refractivity contribution in [1.29, 1.82) is 0 Å². The van der Waals surface area contributed by atoms with E-state index in [-0.39, 0.29) is 0 Å². The first kappa shape index (κ1) is 6.44. The van der Waals surface area contributed by atoms with E-state index in [9.17, 15) is 0 Å². The van der Waals surface area contributed by atoms with Crippen LogP contribution in [-0.4, -0.2) is 17.1 Å². The fraction of sp³-hybridized carbons (Fsp3) is 0. The summed E-state index contributed by atoms with van der Waals surface area (Å²) in [5, 5.41) is 0. The fourth-order valence-electron chi connectivity index (χ4n) is 0. The molecule has 0 aromatic heterocycles. The van der Waals surface area contributed by atoms with E-state index in [2.05, 4.69) is 34.5 Å². The third-order valence-corrected chi connectivity index (χ3v) is 0. The van der Waals surface area contributed by atoms with Gasteiger partial charge in [0.05, 0.1) is 0 Å². The van der Waals surface area contributed by atoms with E-state index in [1.165, 1.54) is 0 Å². The average Bonchev–Trinajstić information content (AvgIpc) is 0.811. The maximum atomic E-state index is 3.32. The van der Waals surface area contributed by atoms with Gasteiger partial charge in [0.2, 0.25) is 0 Å². The van der Waals surface area contributed by atoms with Crippen LogP contribution in [0.1, 0.15) is 0 Å². The van der Waals surface area contributed by atoms with Gasteiger partial charge >= 0.3 is 51.6 Å². The van der Waals surface area contributed by atoms with Gasteiger partial charge in [-0.1, -0.05) is 0 Å². The van der Waals surface area contributed by atoms with Gasteiger partial charge in [-0.15, -0.1) is 0 Å². The molecule has 22 valence electrons. The van der Waals surface area contributed by atoms with Crippen LogP contribution in [0.2, 0.25) is 0 Å².